The van der Waals surface area contributed by atoms with Crippen LogP contribution in [0.25, 0.3) is 22.4 Å². The first-order valence-electron chi connectivity index (χ1n) is 9.41. The average Bonchev–Trinajstić information content (AvgIpc) is 2.80. The van der Waals surface area contributed by atoms with Crippen LogP contribution < -0.4 is 9.30 Å². The molecule has 4 aromatic rings. The van der Waals surface area contributed by atoms with Crippen molar-refractivity contribution in [1.29, 1.82) is 0 Å². The first-order valence-corrected chi connectivity index (χ1v) is 9.41. The number of benzene rings is 3. The minimum absolute atomic E-state index is 0. The predicted molar refractivity (Wildman–Crippen MR) is 123 cm³/mol. The number of rotatable bonds is 6. The minimum atomic E-state index is 0. The number of hydrogen-bond donors (Lipinski definition) is 0. The Morgan fingerprint density at radius 2 is 1.47 bits per heavy atom. The molecule has 1 aromatic heterocycles. The predicted octanol–water partition coefficient (Wildman–Crippen LogP) is 5.17. The highest BCUT2D eigenvalue weighted by atomic mass is 79.9. The van der Waals surface area contributed by atoms with Crippen molar-refractivity contribution < 1.29 is 14.1 Å². The van der Waals surface area contributed by atoms with Gasteiger partial charge in [0, 0.05) is 17.2 Å². The molecule has 0 spiro atoms. The third kappa shape index (κ3) is 4.99. The molecule has 150 valence electrons. The number of methoxy groups -OCH3 is 1. The lowest BCUT2D eigenvalue weighted by Crippen LogP contribution is -2.37. The van der Waals surface area contributed by atoms with Gasteiger partial charge in [-0.25, -0.2) is 4.57 Å². The molecule has 0 bridgehead atoms. The molecule has 30 heavy (non-hydrogen) atoms. The van der Waals surface area contributed by atoms with E-state index in [1.807, 2.05) is 30.5 Å². The number of nitrogens with zero attached hydrogens (tertiary/aromatic N) is 2. The fourth-order valence-electron chi connectivity index (χ4n) is 3.15. The molecule has 4 rings (SSSR count). The van der Waals surface area contributed by atoms with Crippen LogP contribution >= 0.6 is 17.0 Å². The van der Waals surface area contributed by atoms with Crippen LogP contribution in [-0.2, 0) is 6.54 Å². The summed E-state index contributed by atoms with van der Waals surface area (Å²) < 4.78 is 6.91. The number of aromatic nitrogens is 2. The zero-order valence-electron chi connectivity index (χ0n) is 16.6. The van der Waals surface area contributed by atoms with Crippen molar-refractivity contribution in [2.75, 3.05) is 7.11 Å². The first kappa shape index (κ1) is 21.4. The zero-order chi connectivity index (χ0) is 20.1. The summed E-state index contributed by atoms with van der Waals surface area (Å²) in [6.07, 6.45) is 3.58. The van der Waals surface area contributed by atoms with E-state index in [0.29, 0.717) is 5.56 Å². The number of carbonyl (C=O) groups is 1. The first-order chi connectivity index (χ1) is 14.2. The third-order valence-corrected chi connectivity index (χ3v) is 4.79. The van der Waals surface area contributed by atoms with Crippen LogP contribution in [0.3, 0.4) is 0 Å². The van der Waals surface area contributed by atoms with Gasteiger partial charge in [-0.2, -0.15) is 0 Å². The Balaban J connectivity index is 0.00000256. The van der Waals surface area contributed by atoms with Crippen LogP contribution in [-0.4, -0.2) is 17.9 Å². The summed E-state index contributed by atoms with van der Waals surface area (Å²) >= 11 is 0. The molecular weight excluding hydrogens is 440 g/mol. The van der Waals surface area contributed by atoms with E-state index in [2.05, 4.69) is 41.4 Å². The van der Waals surface area contributed by atoms with Crippen molar-refractivity contribution in [2.24, 2.45) is 0 Å². The summed E-state index contributed by atoms with van der Waals surface area (Å²) in [6, 6.07) is 27.7. The topological polar surface area (TPSA) is 43.1 Å². The summed E-state index contributed by atoms with van der Waals surface area (Å²) in [5.74, 6) is 0.762. The van der Waals surface area contributed by atoms with E-state index in [1.54, 1.807) is 42.3 Å². The lowest BCUT2D eigenvalue weighted by atomic mass is 10.0. The van der Waals surface area contributed by atoms with Gasteiger partial charge in [0.1, 0.15) is 5.75 Å². The molecule has 0 saturated carbocycles. The second-order valence-corrected chi connectivity index (χ2v) is 6.71. The lowest BCUT2D eigenvalue weighted by Gasteiger charge is -2.04. The number of hydrogen-bond acceptors (Lipinski definition) is 3. The van der Waals surface area contributed by atoms with E-state index in [-0.39, 0.29) is 29.3 Å². The molecule has 0 amide bonds. The van der Waals surface area contributed by atoms with Crippen LogP contribution in [0.5, 0.6) is 5.75 Å². The maximum absolute atomic E-state index is 12.5. The summed E-state index contributed by atoms with van der Waals surface area (Å²) in [4.78, 5) is 17.0. The Labute approximate surface area is 186 Å². The van der Waals surface area contributed by atoms with E-state index >= 15 is 0 Å². The quantitative estimate of drug-likeness (QED) is 0.293. The Kier molecular flexibility index (Phi) is 7.09. The van der Waals surface area contributed by atoms with Gasteiger partial charge in [-0.3, -0.25) is 4.79 Å². The highest BCUT2D eigenvalue weighted by Gasteiger charge is 2.12. The zero-order valence-corrected chi connectivity index (χ0v) is 18.3. The van der Waals surface area contributed by atoms with E-state index in [1.165, 1.54) is 11.1 Å². The molecule has 0 aliphatic heterocycles. The van der Waals surface area contributed by atoms with Crippen molar-refractivity contribution in [3.8, 4) is 28.1 Å². The normalized spacial score (nSPS) is 10.2. The second kappa shape index (κ2) is 9.94. The highest BCUT2D eigenvalue weighted by Crippen LogP contribution is 2.23. The molecule has 0 unspecified atom stereocenters. The summed E-state index contributed by atoms with van der Waals surface area (Å²) in [7, 11) is 1.61. The SMILES string of the molecule is Br.COc1ccc(C(=O)C[n+]2ccc(-c3ccc(-c4ccccc4)cc3)nc2)cc1. The molecule has 0 saturated heterocycles. The van der Waals surface area contributed by atoms with Gasteiger partial charge < -0.3 is 4.74 Å². The van der Waals surface area contributed by atoms with E-state index in [0.717, 1.165) is 17.0 Å². The maximum Gasteiger partial charge on any atom is 0.287 e. The molecule has 0 radical (unpaired) electrons. The minimum Gasteiger partial charge on any atom is -0.497 e. The van der Waals surface area contributed by atoms with E-state index in [9.17, 15) is 4.79 Å². The summed E-state index contributed by atoms with van der Waals surface area (Å²) in [5.41, 5.74) is 4.93. The third-order valence-electron chi connectivity index (χ3n) is 4.79. The number of Topliss-reactive ketones (excluding diaryl/α,β-unsaturated/α-hetero) is 1. The van der Waals surface area contributed by atoms with Crippen LogP contribution in [0.1, 0.15) is 10.4 Å². The fourth-order valence-corrected chi connectivity index (χ4v) is 3.15. The Hall–Kier alpha value is -3.31. The Bertz CT molecular complexity index is 1090. The second-order valence-electron chi connectivity index (χ2n) is 6.71. The van der Waals surface area contributed by atoms with Gasteiger partial charge >= 0.3 is 0 Å². The highest BCUT2D eigenvalue weighted by molar-refractivity contribution is 8.93. The smallest absolute Gasteiger partial charge is 0.287 e. The van der Waals surface area contributed by atoms with E-state index in [4.69, 9.17) is 4.74 Å². The Morgan fingerprint density at radius 3 is 2.07 bits per heavy atom. The van der Waals surface area contributed by atoms with Crippen molar-refractivity contribution in [1.82, 2.24) is 4.98 Å². The summed E-state index contributed by atoms with van der Waals surface area (Å²) in [5, 5.41) is 0. The molecule has 0 atom stereocenters. The van der Waals surface area contributed by atoms with Crippen molar-refractivity contribution in [3.05, 3.63) is 103 Å². The monoisotopic (exact) mass is 461 g/mol. The van der Waals surface area contributed by atoms with Crippen LogP contribution in [0, 0.1) is 0 Å². The molecule has 1 heterocycles. The van der Waals surface area contributed by atoms with Gasteiger partial charge in [0.15, 0.2) is 12.2 Å². The molecule has 0 N–H and O–H groups in total. The molecule has 0 aliphatic rings. The van der Waals surface area contributed by atoms with Gasteiger partial charge in [0.2, 0.25) is 5.78 Å². The van der Waals surface area contributed by atoms with Gasteiger partial charge in [-0.05, 0) is 52.5 Å². The fraction of sp³-hybridized carbons (Fsp3) is 0.0800. The van der Waals surface area contributed by atoms with Gasteiger partial charge in [0.05, 0.1) is 13.3 Å². The van der Waals surface area contributed by atoms with Crippen molar-refractivity contribution in [2.45, 2.75) is 6.54 Å². The molecule has 0 aliphatic carbocycles. The average molecular weight is 462 g/mol. The largest absolute Gasteiger partial charge is 0.497 e. The molecule has 5 heteroatoms. The number of halogens is 1. The van der Waals surface area contributed by atoms with Crippen molar-refractivity contribution in [3.63, 3.8) is 0 Å². The number of carbonyl (C=O) groups excluding carboxylic acids is 1. The Morgan fingerprint density at radius 1 is 0.833 bits per heavy atom. The van der Waals surface area contributed by atoms with Gasteiger partial charge in [-0.15, -0.1) is 17.0 Å². The van der Waals surface area contributed by atoms with Crippen LogP contribution in [0.2, 0.25) is 0 Å². The van der Waals surface area contributed by atoms with E-state index < -0.39 is 0 Å². The molecule has 3 aromatic carbocycles. The van der Waals surface area contributed by atoms with Gasteiger partial charge in [0.25, 0.3) is 6.33 Å². The molecular formula is C25H22BrN2O2+. The van der Waals surface area contributed by atoms with Crippen LogP contribution in [0.4, 0.5) is 0 Å². The number of ether oxygens (including phenoxy) is 1. The summed E-state index contributed by atoms with van der Waals surface area (Å²) in [6.45, 7) is 0.243. The lowest BCUT2D eigenvalue weighted by molar-refractivity contribution is -0.686. The maximum atomic E-state index is 12.5. The molecule has 0 fully saturated rings. The van der Waals surface area contributed by atoms with Crippen molar-refractivity contribution >= 4 is 22.8 Å². The standard InChI is InChI=1S/C25H21N2O2.BrH/c1-29-23-13-11-22(12-14-23)25(28)17-27-16-15-24(26-18-27)21-9-7-20(8-10-21)19-5-3-2-4-6-19;/h2-16,18H,17H2,1H3;1H/q+1;. The number of ketones is 1. The van der Waals surface area contributed by atoms with Crippen LogP contribution in [0.15, 0.2) is 97.5 Å². The van der Waals surface area contributed by atoms with Gasteiger partial charge in [-0.1, -0.05) is 42.5 Å². The molecule has 4 nitrogen and oxygen atoms in total.